The number of carbonyl (C=O) groups is 3. The molecule has 0 saturated carbocycles. The van der Waals surface area contributed by atoms with Gasteiger partial charge in [0.05, 0.1) is 22.4 Å². The third-order valence-corrected chi connectivity index (χ3v) is 6.64. The molecule has 13 heteroatoms. The van der Waals surface area contributed by atoms with E-state index >= 15 is 0 Å². The average molecular weight is 561 g/mol. The SMILES string of the molecule is CC(C)CN(CC(F)(F)F)[C@@H](CNC(=O)c1ccc(Cl)s1)C(=O)Nc1ccc(N2CCOCC2=O)cc1. The van der Waals surface area contributed by atoms with Gasteiger partial charge in [-0.2, -0.15) is 13.2 Å². The van der Waals surface area contributed by atoms with E-state index in [1.54, 1.807) is 43.0 Å². The summed E-state index contributed by atoms with van der Waals surface area (Å²) in [4.78, 5) is 40.7. The highest BCUT2D eigenvalue weighted by Gasteiger charge is 2.37. The third kappa shape index (κ3) is 8.70. The van der Waals surface area contributed by atoms with Gasteiger partial charge in [0.2, 0.25) is 5.91 Å². The summed E-state index contributed by atoms with van der Waals surface area (Å²) in [5, 5.41) is 5.21. The van der Waals surface area contributed by atoms with Crippen molar-refractivity contribution in [3.8, 4) is 0 Å². The first kappa shape index (κ1) is 28.9. The van der Waals surface area contributed by atoms with Crippen LogP contribution in [-0.2, 0) is 14.3 Å². The number of hydrogen-bond acceptors (Lipinski definition) is 6. The minimum atomic E-state index is -4.55. The van der Waals surface area contributed by atoms with Crippen molar-refractivity contribution >= 4 is 52.0 Å². The van der Waals surface area contributed by atoms with Crippen molar-refractivity contribution in [3.05, 3.63) is 45.6 Å². The average Bonchev–Trinajstić information content (AvgIpc) is 3.25. The van der Waals surface area contributed by atoms with Crippen LogP contribution in [0.1, 0.15) is 23.5 Å². The number of carbonyl (C=O) groups excluding carboxylic acids is 3. The van der Waals surface area contributed by atoms with Gasteiger partial charge in [0.1, 0.15) is 12.6 Å². The van der Waals surface area contributed by atoms with Crippen LogP contribution in [0, 0.1) is 5.92 Å². The molecular weight excluding hydrogens is 533 g/mol. The van der Waals surface area contributed by atoms with Gasteiger partial charge in [-0.1, -0.05) is 25.4 Å². The molecule has 1 atom stereocenters. The van der Waals surface area contributed by atoms with Gasteiger partial charge < -0.3 is 20.3 Å². The predicted molar refractivity (Wildman–Crippen MR) is 136 cm³/mol. The van der Waals surface area contributed by atoms with Crippen molar-refractivity contribution < 1.29 is 32.3 Å². The van der Waals surface area contributed by atoms with Crippen LogP contribution >= 0.6 is 22.9 Å². The number of nitrogens with one attached hydrogen (secondary N) is 2. The van der Waals surface area contributed by atoms with Crippen LogP contribution in [0.2, 0.25) is 4.34 Å². The van der Waals surface area contributed by atoms with Crippen molar-refractivity contribution in [2.75, 3.05) is 49.6 Å². The lowest BCUT2D eigenvalue weighted by atomic mass is 10.1. The predicted octanol–water partition coefficient (Wildman–Crippen LogP) is 4.02. The summed E-state index contributed by atoms with van der Waals surface area (Å²) in [6.07, 6.45) is -4.55. The van der Waals surface area contributed by atoms with E-state index in [4.69, 9.17) is 16.3 Å². The summed E-state index contributed by atoms with van der Waals surface area (Å²) >= 11 is 6.89. The largest absolute Gasteiger partial charge is 0.401 e. The maximum atomic E-state index is 13.4. The van der Waals surface area contributed by atoms with E-state index in [1.165, 1.54) is 12.1 Å². The van der Waals surface area contributed by atoms with Crippen molar-refractivity contribution in [2.45, 2.75) is 26.1 Å². The molecule has 2 heterocycles. The Hall–Kier alpha value is -2.67. The van der Waals surface area contributed by atoms with Crippen molar-refractivity contribution in [1.82, 2.24) is 10.2 Å². The molecule has 1 saturated heterocycles. The Labute approximate surface area is 221 Å². The molecule has 0 aliphatic carbocycles. The molecule has 0 spiro atoms. The van der Waals surface area contributed by atoms with Crippen molar-refractivity contribution in [3.63, 3.8) is 0 Å². The van der Waals surface area contributed by atoms with E-state index in [1.807, 2.05) is 0 Å². The fourth-order valence-electron chi connectivity index (χ4n) is 3.84. The van der Waals surface area contributed by atoms with Crippen LogP contribution < -0.4 is 15.5 Å². The molecule has 2 aromatic rings. The third-order valence-electron chi connectivity index (χ3n) is 5.41. The second-order valence-corrected chi connectivity index (χ2v) is 10.6. The zero-order valence-electron chi connectivity index (χ0n) is 20.3. The first-order valence-electron chi connectivity index (χ1n) is 11.6. The maximum absolute atomic E-state index is 13.4. The van der Waals surface area contributed by atoms with Crippen LogP contribution in [0.5, 0.6) is 0 Å². The highest BCUT2D eigenvalue weighted by molar-refractivity contribution is 7.18. The van der Waals surface area contributed by atoms with E-state index < -0.39 is 30.6 Å². The molecule has 2 N–H and O–H groups in total. The monoisotopic (exact) mass is 560 g/mol. The first-order valence-corrected chi connectivity index (χ1v) is 12.8. The highest BCUT2D eigenvalue weighted by atomic mass is 35.5. The van der Waals surface area contributed by atoms with Gasteiger partial charge in [0.15, 0.2) is 0 Å². The molecule has 0 unspecified atom stereocenters. The number of amides is 3. The van der Waals surface area contributed by atoms with Gasteiger partial charge in [-0.15, -0.1) is 11.3 Å². The second-order valence-electron chi connectivity index (χ2n) is 8.90. The molecular formula is C24H28ClF3N4O4S. The van der Waals surface area contributed by atoms with Crippen LogP contribution in [0.15, 0.2) is 36.4 Å². The topological polar surface area (TPSA) is 91.0 Å². The normalized spacial score (nSPS) is 15.2. The summed E-state index contributed by atoms with van der Waals surface area (Å²) in [6, 6.07) is 8.14. The number of halogens is 4. The summed E-state index contributed by atoms with van der Waals surface area (Å²) in [6.45, 7) is 2.59. The maximum Gasteiger partial charge on any atom is 0.401 e. The van der Waals surface area contributed by atoms with Crippen LogP contribution in [0.4, 0.5) is 24.5 Å². The lowest BCUT2D eigenvalue weighted by molar-refractivity contribution is -0.154. The Morgan fingerprint density at radius 2 is 1.89 bits per heavy atom. The molecule has 1 aromatic heterocycles. The Morgan fingerprint density at radius 3 is 2.46 bits per heavy atom. The molecule has 0 bridgehead atoms. The van der Waals surface area contributed by atoms with E-state index in [0.717, 1.165) is 16.2 Å². The molecule has 1 aliphatic heterocycles. The number of alkyl halides is 3. The van der Waals surface area contributed by atoms with Gasteiger partial charge >= 0.3 is 6.18 Å². The zero-order chi connectivity index (χ0) is 27.2. The summed E-state index contributed by atoms with van der Waals surface area (Å²) in [5.41, 5.74) is 0.954. The fraction of sp³-hybridized carbons (Fsp3) is 0.458. The van der Waals surface area contributed by atoms with Gasteiger partial charge in [0, 0.05) is 31.0 Å². The van der Waals surface area contributed by atoms with Crippen LogP contribution in [-0.4, -0.2) is 74.2 Å². The van der Waals surface area contributed by atoms with Crippen LogP contribution in [0.3, 0.4) is 0 Å². The quantitative estimate of drug-likeness (QED) is 0.458. The first-order chi connectivity index (χ1) is 17.4. The molecule has 3 amide bonds. The number of nitrogens with zero attached hydrogens (tertiary/aromatic N) is 2. The number of hydrogen-bond donors (Lipinski definition) is 2. The van der Waals surface area contributed by atoms with Crippen LogP contribution in [0.25, 0.3) is 0 Å². The molecule has 37 heavy (non-hydrogen) atoms. The fourth-order valence-corrected chi connectivity index (χ4v) is 4.80. The summed E-state index contributed by atoms with van der Waals surface area (Å²) in [5.74, 6) is -1.60. The Bertz CT molecular complexity index is 1090. The minimum absolute atomic E-state index is 0.0175. The summed E-state index contributed by atoms with van der Waals surface area (Å²) in [7, 11) is 0. The molecule has 3 rings (SSSR count). The number of anilines is 2. The van der Waals surface area contributed by atoms with Crippen molar-refractivity contribution in [1.29, 1.82) is 0 Å². The molecule has 1 aromatic carbocycles. The molecule has 1 aliphatic rings. The Morgan fingerprint density at radius 1 is 1.19 bits per heavy atom. The van der Waals surface area contributed by atoms with E-state index in [9.17, 15) is 27.6 Å². The van der Waals surface area contributed by atoms with Gasteiger partial charge in [0.25, 0.3) is 11.8 Å². The number of ether oxygens (including phenoxy) is 1. The number of morpholine rings is 1. The summed E-state index contributed by atoms with van der Waals surface area (Å²) < 4.78 is 45.7. The lowest BCUT2D eigenvalue weighted by Gasteiger charge is -2.33. The standard InChI is InChI=1S/C24H28ClF3N4O4S/c1-15(2)12-31(14-24(26,27)28)18(11-29-23(35)19-7-8-20(25)37-19)22(34)30-16-3-5-17(6-4-16)32-9-10-36-13-21(32)33/h3-8,15,18H,9-14H2,1-2H3,(H,29,35)(H,30,34)/t18-/m0/s1. The Kier molecular flexibility index (Phi) is 9.93. The van der Waals surface area contributed by atoms with E-state index in [2.05, 4.69) is 10.6 Å². The number of rotatable bonds is 10. The number of thiophene rings is 1. The lowest BCUT2D eigenvalue weighted by Crippen LogP contribution is -2.54. The second kappa shape index (κ2) is 12.7. The van der Waals surface area contributed by atoms with Gasteiger partial charge in [-0.25, -0.2) is 0 Å². The van der Waals surface area contributed by atoms with Gasteiger partial charge in [-0.05, 0) is 42.3 Å². The van der Waals surface area contributed by atoms with Crippen molar-refractivity contribution in [2.24, 2.45) is 5.92 Å². The molecule has 1 fully saturated rings. The molecule has 8 nitrogen and oxygen atoms in total. The number of benzene rings is 1. The molecule has 202 valence electrons. The highest BCUT2D eigenvalue weighted by Crippen LogP contribution is 2.23. The van der Waals surface area contributed by atoms with E-state index in [0.29, 0.717) is 28.9 Å². The Balaban J connectivity index is 1.77. The molecule has 0 radical (unpaired) electrons. The minimum Gasteiger partial charge on any atom is -0.370 e. The van der Waals surface area contributed by atoms with Gasteiger partial charge in [-0.3, -0.25) is 19.3 Å². The zero-order valence-corrected chi connectivity index (χ0v) is 21.9. The smallest absolute Gasteiger partial charge is 0.370 e. The van der Waals surface area contributed by atoms with E-state index in [-0.39, 0.29) is 36.4 Å².